The van der Waals surface area contributed by atoms with Crippen molar-refractivity contribution in [1.29, 1.82) is 0 Å². The quantitative estimate of drug-likeness (QED) is 0.599. The van der Waals surface area contributed by atoms with Crippen LogP contribution in [-0.2, 0) is 4.74 Å². The topological polar surface area (TPSA) is 36.9 Å². The number of guanidine groups is 1. The second-order valence-electron chi connectivity index (χ2n) is 5.24. The van der Waals surface area contributed by atoms with Gasteiger partial charge in [-0.05, 0) is 31.4 Å². The zero-order chi connectivity index (χ0) is 14.1. The summed E-state index contributed by atoms with van der Waals surface area (Å²) in [6.45, 7) is 6.14. The Morgan fingerprint density at radius 1 is 1.47 bits per heavy atom. The van der Waals surface area contributed by atoms with Gasteiger partial charge in [0.15, 0.2) is 5.96 Å². The Labute approximate surface area is 122 Å². The highest BCUT2D eigenvalue weighted by molar-refractivity contribution is 7.99. The Bertz CT molecular complexity index is 267. The van der Waals surface area contributed by atoms with Crippen LogP contribution in [0.25, 0.3) is 0 Å². The molecule has 1 atom stereocenters. The average Bonchev–Trinajstić information content (AvgIpc) is 2.46. The molecule has 1 aliphatic rings. The van der Waals surface area contributed by atoms with E-state index in [1.165, 1.54) is 19.3 Å². The molecule has 0 aromatic rings. The van der Waals surface area contributed by atoms with Gasteiger partial charge in [0.2, 0.25) is 0 Å². The van der Waals surface area contributed by atoms with Crippen molar-refractivity contribution in [1.82, 2.24) is 10.2 Å². The van der Waals surface area contributed by atoms with Gasteiger partial charge in [-0.25, -0.2) is 0 Å². The maximum atomic E-state index is 5.40. The van der Waals surface area contributed by atoms with Crippen LogP contribution in [-0.4, -0.2) is 62.8 Å². The van der Waals surface area contributed by atoms with E-state index in [0.29, 0.717) is 5.25 Å². The van der Waals surface area contributed by atoms with Gasteiger partial charge < -0.3 is 15.0 Å². The van der Waals surface area contributed by atoms with Crippen LogP contribution in [0.3, 0.4) is 0 Å². The van der Waals surface area contributed by atoms with E-state index in [0.717, 1.165) is 38.2 Å². The van der Waals surface area contributed by atoms with E-state index in [-0.39, 0.29) is 0 Å². The Balaban J connectivity index is 2.26. The third-order valence-electron chi connectivity index (χ3n) is 3.74. The fourth-order valence-electron chi connectivity index (χ4n) is 2.22. The zero-order valence-electron chi connectivity index (χ0n) is 12.8. The molecule has 0 aliphatic carbocycles. The van der Waals surface area contributed by atoms with Crippen LogP contribution in [0.5, 0.6) is 0 Å². The molecule has 5 heteroatoms. The second-order valence-corrected chi connectivity index (χ2v) is 6.52. The summed E-state index contributed by atoms with van der Waals surface area (Å²) in [7, 11) is 3.98. The lowest BCUT2D eigenvalue weighted by Gasteiger charge is -2.27. The zero-order valence-corrected chi connectivity index (χ0v) is 13.6. The van der Waals surface area contributed by atoms with Gasteiger partial charge in [0, 0.05) is 45.6 Å². The van der Waals surface area contributed by atoms with E-state index >= 15 is 0 Å². The molecular formula is C14H29N3OS. The average molecular weight is 287 g/mol. The fourth-order valence-corrected chi connectivity index (χ4v) is 2.47. The van der Waals surface area contributed by atoms with E-state index in [4.69, 9.17) is 4.74 Å². The summed E-state index contributed by atoms with van der Waals surface area (Å²) >= 11 is 1.88. The van der Waals surface area contributed by atoms with Gasteiger partial charge in [0.1, 0.15) is 0 Å². The van der Waals surface area contributed by atoms with Crippen LogP contribution in [0.15, 0.2) is 4.99 Å². The molecule has 1 saturated heterocycles. The molecule has 19 heavy (non-hydrogen) atoms. The molecule has 0 saturated carbocycles. The minimum atomic E-state index is 0.612. The molecule has 0 aromatic heterocycles. The van der Waals surface area contributed by atoms with Gasteiger partial charge in [-0.1, -0.05) is 6.92 Å². The molecule has 1 unspecified atom stereocenters. The summed E-state index contributed by atoms with van der Waals surface area (Å²) < 4.78 is 5.40. The minimum absolute atomic E-state index is 0.612. The monoisotopic (exact) mass is 287 g/mol. The van der Waals surface area contributed by atoms with Crippen molar-refractivity contribution in [3.8, 4) is 0 Å². The molecule has 1 rings (SSSR count). The van der Waals surface area contributed by atoms with Crippen LogP contribution in [0.1, 0.15) is 26.2 Å². The molecule has 0 spiro atoms. The van der Waals surface area contributed by atoms with Crippen molar-refractivity contribution in [2.24, 2.45) is 10.9 Å². The van der Waals surface area contributed by atoms with Crippen molar-refractivity contribution in [3.05, 3.63) is 0 Å². The maximum absolute atomic E-state index is 5.40. The minimum Gasteiger partial charge on any atom is -0.381 e. The van der Waals surface area contributed by atoms with Crippen molar-refractivity contribution in [2.75, 3.05) is 46.7 Å². The van der Waals surface area contributed by atoms with Gasteiger partial charge in [-0.2, -0.15) is 11.8 Å². The maximum Gasteiger partial charge on any atom is 0.193 e. The highest BCUT2D eigenvalue weighted by Crippen LogP contribution is 2.18. The van der Waals surface area contributed by atoms with E-state index in [2.05, 4.69) is 35.4 Å². The second kappa shape index (κ2) is 9.48. The molecule has 0 amide bonds. The number of aliphatic imine (C=N–C) groups is 1. The van der Waals surface area contributed by atoms with E-state index < -0.39 is 0 Å². The predicted molar refractivity (Wildman–Crippen MR) is 85.1 cm³/mol. The number of hydrogen-bond acceptors (Lipinski definition) is 3. The van der Waals surface area contributed by atoms with Gasteiger partial charge >= 0.3 is 0 Å². The molecule has 1 heterocycles. The highest BCUT2D eigenvalue weighted by atomic mass is 32.2. The van der Waals surface area contributed by atoms with Gasteiger partial charge in [-0.15, -0.1) is 0 Å². The van der Waals surface area contributed by atoms with E-state index in [1.807, 2.05) is 18.8 Å². The normalized spacial score (nSPS) is 19.3. The predicted octanol–water partition coefficient (Wildman–Crippen LogP) is 2.06. The Kier molecular flexibility index (Phi) is 8.30. The SMILES string of the molecule is CN=C(NCC(C)SC)N(C)CCC1CCOCC1. The number of rotatable bonds is 6. The van der Waals surface area contributed by atoms with Crippen molar-refractivity contribution >= 4 is 17.7 Å². The van der Waals surface area contributed by atoms with Crippen LogP contribution in [0, 0.1) is 5.92 Å². The first-order valence-electron chi connectivity index (χ1n) is 7.19. The van der Waals surface area contributed by atoms with Crippen molar-refractivity contribution < 1.29 is 4.74 Å². The summed E-state index contributed by atoms with van der Waals surface area (Å²) in [6.07, 6.45) is 5.80. The highest BCUT2D eigenvalue weighted by Gasteiger charge is 2.15. The van der Waals surface area contributed by atoms with E-state index in [1.54, 1.807) is 0 Å². The molecule has 1 N–H and O–H groups in total. The number of ether oxygens (including phenoxy) is 1. The van der Waals surface area contributed by atoms with Crippen LogP contribution < -0.4 is 5.32 Å². The molecular weight excluding hydrogens is 258 g/mol. The first-order chi connectivity index (χ1) is 9.17. The Morgan fingerprint density at radius 3 is 2.74 bits per heavy atom. The molecule has 1 fully saturated rings. The number of nitrogens with one attached hydrogen (secondary N) is 1. The van der Waals surface area contributed by atoms with Crippen molar-refractivity contribution in [2.45, 2.75) is 31.4 Å². The smallest absolute Gasteiger partial charge is 0.193 e. The molecule has 112 valence electrons. The van der Waals surface area contributed by atoms with Crippen LogP contribution >= 0.6 is 11.8 Å². The fraction of sp³-hybridized carbons (Fsp3) is 0.929. The Morgan fingerprint density at radius 2 is 2.16 bits per heavy atom. The first kappa shape index (κ1) is 16.6. The summed E-state index contributed by atoms with van der Waals surface area (Å²) in [6, 6.07) is 0. The van der Waals surface area contributed by atoms with E-state index in [9.17, 15) is 0 Å². The van der Waals surface area contributed by atoms with Crippen LogP contribution in [0.4, 0.5) is 0 Å². The Hall–Kier alpha value is -0.420. The first-order valence-corrected chi connectivity index (χ1v) is 8.48. The summed E-state index contributed by atoms with van der Waals surface area (Å²) in [4.78, 5) is 6.59. The number of hydrogen-bond donors (Lipinski definition) is 1. The lowest BCUT2D eigenvalue weighted by molar-refractivity contribution is 0.0625. The molecule has 0 aromatic carbocycles. The summed E-state index contributed by atoms with van der Waals surface area (Å²) in [5.41, 5.74) is 0. The lowest BCUT2D eigenvalue weighted by atomic mass is 9.96. The third kappa shape index (κ3) is 6.52. The standard InChI is InChI=1S/C14H29N3OS/c1-12(19-4)11-16-14(15-2)17(3)8-5-13-6-9-18-10-7-13/h12-13H,5-11H2,1-4H3,(H,15,16). The van der Waals surface area contributed by atoms with Crippen LogP contribution in [0.2, 0.25) is 0 Å². The molecule has 0 radical (unpaired) electrons. The number of thioether (sulfide) groups is 1. The molecule has 0 bridgehead atoms. The molecule has 4 nitrogen and oxygen atoms in total. The van der Waals surface area contributed by atoms with Gasteiger partial charge in [0.25, 0.3) is 0 Å². The summed E-state index contributed by atoms with van der Waals surface area (Å²) in [5.74, 6) is 1.83. The molecule has 1 aliphatic heterocycles. The summed E-state index contributed by atoms with van der Waals surface area (Å²) in [5, 5.41) is 4.05. The third-order valence-corrected chi connectivity index (χ3v) is 4.71. The van der Waals surface area contributed by atoms with Gasteiger partial charge in [-0.3, -0.25) is 4.99 Å². The number of nitrogens with zero attached hydrogens (tertiary/aromatic N) is 2. The lowest BCUT2D eigenvalue weighted by Crippen LogP contribution is -2.42. The van der Waals surface area contributed by atoms with Crippen molar-refractivity contribution in [3.63, 3.8) is 0 Å². The van der Waals surface area contributed by atoms with Gasteiger partial charge in [0.05, 0.1) is 0 Å². The largest absolute Gasteiger partial charge is 0.381 e.